The molecular weight excluding hydrogens is 360 g/mol. The molecule has 1 aliphatic carbocycles. The summed E-state index contributed by atoms with van der Waals surface area (Å²) >= 11 is 1.71. The number of anilines is 1. The zero-order valence-electron chi connectivity index (χ0n) is 14.8. The van der Waals surface area contributed by atoms with E-state index in [1.165, 1.54) is 11.2 Å². The number of aromatic nitrogens is 3. The molecule has 1 aliphatic heterocycles. The van der Waals surface area contributed by atoms with Crippen LogP contribution >= 0.6 is 11.3 Å². The van der Waals surface area contributed by atoms with Crippen molar-refractivity contribution in [3.63, 3.8) is 0 Å². The lowest BCUT2D eigenvalue weighted by Crippen LogP contribution is -2.33. The van der Waals surface area contributed by atoms with E-state index < -0.39 is 0 Å². The number of methoxy groups -OCH3 is 1. The SMILES string of the molecule is COc1ccc([C@@H]2C3=C(C[C@H](c4cccs4)CC3=O)Nc3ncnn32)cc1. The van der Waals surface area contributed by atoms with Crippen LogP contribution in [0.2, 0.25) is 0 Å². The Labute approximate surface area is 160 Å². The summed E-state index contributed by atoms with van der Waals surface area (Å²) in [7, 11) is 1.64. The Balaban J connectivity index is 1.60. The molecule has 5 rings (SSSR count). The summed E-state index contributed by atoms with van der Waals surface area (Å²) in [5, 5.41) is 9.79. The van der Waals surface area contributed by atoms with Crippen LogP contribution in [0.5, 0.6) is 5.75 Å². The van der Waals surface area contributed by atoms with Crippen molar-refractivity contribution in [3.05, 3.63) is 69.8 Å². The number of thiophene rings is 1. The van der Waals surface area contributed by atoms with Crippen molar-refractivity contribution in [1.29, 1.82) is 0 Å². The van der Waals surface area contributed by atoms with E-state index >= 15 is 0 Å². The molecule has 0 saturated heterocycles. The van der Waals surface area contributed by atoms with Crippen LogP contribution in [0.25, 0.3) is 0 Å². The third-order valence-corrected chi connectivity index (χ3v) is 6.27. The van der Waals surface area contributed by atoms with Gasteiger partial charge in [-0.15, -0.1) is 11.3 Å². The minimum atomic E-state index is -0.263. The zero-order valence-corrected chi connectivity index (χ0v) is 15.6. The lowest BCUT2D eigenvalue weighted by molar-refractivity contribution is -0.116. The van der Waals surface area contributed by atoms with E-state index in [1.54, 1.807) is 23.1 Å². The molecule has 0 spiro atoms. The minimum absolute atomic E-state index is 0.170. The van der Waals surface area contributed by atoms with Crippen LogP contribution in [0, 0.1) is 0 Å². The van der Waals surface area contributed by atoms with Gasteiger partial charge in [0, 0.05) is 28.5 Å². The number of fused-ring (bicyclic) bond motifs is 1. The fourth-order valence-corrected chi connectivity index (χ4v) is 4.80. The van der Waals surface area contributed by atoms with E-state index in [-0.39, 0.29) is 17.7 Å². The Bertz CT molecular complexity index is 1020. The number of allylic oxidation sites excluding steroid dienone is 2. The summed E-state index contributed by atoms with van der Waals surface area (Å²) in [5.74, 6) is 1.85. The second-order valence-corrected chi connectivity index (χ2v) is 7.74. The summed E-state index contributed by atoms with van der Waals surface area (Å²) < 4.78 is 7.06. The van der Waals surface area contributed by atoms with Gasteiger partial charge in [0.25, 0.3) is 0 Å². The monoisotopic (exact) mass is 378 g/mol. The molecule has 0 unspecified atom stereocenters. The Morgan fingerprint density at radius 1 is 1.22 bits per heavy atom. The van der Waals surface area contributed by atoms with Crippen molar-refractivity contribution in [2.75, 3.05) is 12.4 Å². The van der Waals surface area contributed by atoms with Crippen molar-refractivity contribution in [1.82, 2.24) is 14.8 Å². The lowest BCUT2D eigenvalue weighted by atomic mass is 9.80. The molecule has 7 heteroatoms. The molecule has 0 radical (unpaired) electrons. The van der Waals surface area contributed by atoms with Gasteiger partial charge >= 0.3 is 0 Å². The molecule has 6 nitrogen and oxygen atoms in total. The van der Waals surface area contributed by atoms with Crippen molar-refractivity contribution in [2.24, 2.45) is 0 Å². The molecule has 0 amide bonds. The zero-order chi connectivity index (χ0) is 18.4. The topological polar surface area (TPSA) is 69.0 Å². The molecular formula is C20H18N4O2S. The summed E-state index contributed by atoms with van der Waals surface area (Å²) in [5.41, 5.74) is 2.76. The van der Waals surface area contributed by atoms with E-state index in [2.05, 4.69) is 26.8 Å². The van der Waals surface area contributed by atoms with Gasteiger partial charge in [-0.2, -0.15) is 10.1 Å². The van der Waals surface area contributed by atoms with Gasteiger partial charge in [-0.25, -0.2) is 4.68 Å². The lowest BCUT2D eigenvalue weighted by Gasteiger charge is -2.34. The molecule has 3 heterocycles. The molecule has 1 aromatic carbocycles. The van der Waals surface area contributed by atoms with Gasteiger partial charge in [0.05, 0.1) is 7.11 Å². The molecule has 0 bridgehead atoms. The molecule has 2 aliphatic rings. The summed E-state index contributed by atoms with van der Waals surface area (Å²) in [6.07, 6.45) is 2.86. The van der Waals surface area contributed by atoms with Gasteiger partial charge in [-0.05, 0) is 35.6 Å². The first-order valence-corrected chi connectivity index (χ1v) is 9.72. The molecule has 27 heavy (non-hydrogen) atoms. The first kappa shape index (κ1) is 16.3. The maximum Gasteiger partial charge on any atom is 0.226 e. The first-order valence-electron chi connectivity index (χ1n) is 8.84. The van der Waals surface area contributed by atoms with Crippen molar-refractivity contribution in [2.45, 2.75) is 24.8 Å². The van der Waals surface area contributed by atoms with E-state index in [0.717, 1.165) is 29.0 Å². The molecule has 2 atom stereocenters. The standard InChI is InChI=1S/C20H18N4O2S/c1-26-14-6-4-12(5-7-14)19-18-15(23-20-21-11-22-24(19)20)9-13(10-16(18)25)17-3-2-8-27-17/h2-8,11,13,19H,9-10H2,1H3,(H,21,22,23)/t13-,19+/m0/s1. The number of carbonyl (C=O) groups excluding carboxylic acids is 1. The number of benzene rings is 1. The smallest absolute Gasteiger partial charge is 0.226 e. The first-order chi connectivity index (χ1) is 13.2. The number of nitrogens with zero attached hydrogens (tertiary/aromatic N) is 3. The van der Waals surface area contributed by atoms with E-state index in [1.807, 2.05) is 30.3 Å². The predicted molar refractivity (Wildman–Crippen MR) is 103 cm³/mol. The second kappa shape index (κ2) is 6.35. The number of hydrogen-bond donors (Lipinski definition) is 1. The highest BCUT2D eigenvalue weighted by molar-refractivity contribution is 7.10. The fraction of sp³-hybridized carbons (Fsp3) is 0.250. The van der Waals surface area contributed by atoms with Crippen LogP contribution in [-0.2, 0) is 4.79 Å². The van der Waals surface area contributed by atoms with E-state index in [0.29, 0.717) is 12.4 Å². The van der Waals surface area contributed by atoms with Crippen LogP contribution in [0.3, 0.4) is 0 Å². The highest BCUT2D eigenvalue weighted by atomic mass is 32.1. The molecule has 0 fully saturated rings. The number of Topliss-reactive ketones (excluding diaryl/α,β-unsaturated/α-hetero) is 1. The molecule has 0 saturated carbocycles. The predicted octanol–water partition coefficient (Wildman–Crippen LogP) is 3.76. The van der Waals surface area contributed by atoms with Crippen molar-refractivity contribution < 1.29 is 9.53 Å². The average Bonchev–Trinajstić information content (AvgIpc) is 3.38. The van der Waals surface area contributed by atoms with E-state index in [9.17, 15) is 4.79 Å². The quantitative estimate of drug-likeness (QED) is 0.751. The number of nitrogens with one attached hydrogen (secondary N) is 1. The van der Waals surface area contributed by atoms with Crippen LogP contribution in [-0.4, -0.2) is 27.7 Å². The maximum atomic E-state index is 13.2. The van der Waals surface area contributed by atoms with Crippen LogP contribution in [0.15, 0.2) is 59.4 Å². The number of hydrogen-bond acceptors (Lipinski definition) is 6. The Morgan fingerprint density at radius 3 is 2.81 bits per heavy atom. The van der Waals surface area contributed by atoms with Gasteiger partial charge in [0.2, 0.25) is 5.95 Å². The summed E-state index contributed by atoms with van der Waals surface area (Å²) in [4.78, 5) is 18.8. The van der Waals surface area contributed by atoms with Gasteiger partial charge in [-0.1, -0.05) is 18.2 Å². The average molecular weight is 378 g/mol. The number of rotatable bonds is 3. The largest absolute Gasteiger partial charge is 0.497 e. The van der Waals surface area contributed by atoms with Gasteiger partial charge in [0.15, 0.2) is 5.78 Å². The number of ether oxygens (including phenoxy) is 1. The number of ketones is 1. The Hall–Kier alpha value is -2.93. The van der Waals surface area contributed by atoms with Crippen molar-refractivity contribution >= 4 is 23.1 Å². The molecule has 2 aromatic heterocycles. The van der Waals surface area contributed by atoms with E-state index in [4.69, 9.17) is 4.74 Å². The number of carbonyl (C=O) groups is 1. The van der Waals surface area contributed by atoms with Gasteiger partial charge in [0.1, 0.15) is 18.1 Å². The van der Waals surface area contributed by atoms with Crippen molar-refractivity contribution in [3.8, 4) is 5.75 Å². The third kappa shape index (κ3) is 2.66. The molecule has 1 N–H and O–H groups in total. The summed E-state index contributed by atoms with van der Waals surface area (Å²) in [6.45, 7) is 0. The highest BCUT2D eigenvalue weighted by Crippen LogP contribution is 2.44. The summed E-state index contributed by atoms with van der Waals surface area (Å²) in [6, 6.07) is 11.7. The third-order valence-electron chi connectivity index (χ3n) is 5.24. The Morgan fingerprint density at radius 2 is 2.07 bits per heavy atom. The molecule has 136 valence electrons. The van der Waals surface area contributed by atoms with Crippen LogP contribution < -0.4 is 10.1 Å². The van der Waals surface area contributed by atoms with Gasteiger partial charge in [-0.3, -0.25) is 4.79 Å². The molecule has 3 aromatic rings. The minimum Gasteiger partial charge on any atom is -0.497 e. The van der Waals surface area contributed by atoms with Gasteiger partial charge < -0.3 is 10.1 Å². The normalized spacial score (nSPS) is 21.4. The van der Waals surface area contributed by atoms with Crippen LogP contribution in [0.4, 0.5) is 5.95 Å². The maximum absolute atomic E-state index is 13.2. The fourth-order valence-electron chi connectivity index (χ4n) is 3.97. The van der Waals surface area contributed by atoms with Crippen LogP contribution in [0.1, 0.15) is 35.2 Å². The second-order valence-electron chi connectivity index (χ2n) is 6.76. The highest BCUT2D eigenvalue weighted by Gasteiger charge is 2.39. The Kier molecular flexibility index (Phi) is 3.82.